The molecule has 0 saturated carbocycles. The minimum absolute atomic E-state index is 0.0174. The summed E-state index contributed by atoms with van der Waals surface area (Å²) in [6, 6.07) is -0.751. The summed E-state index contributed by atoms with van der Waals surface area (Å²) in [5.74, 6) is -0.920. The number of amides is 1. The molecule has 0 aromatic rings. The van der Waals surface area contributed by atoms with Crippen molar-refractivity contribution in [2.45, 2.75) is 58.6 Å². The van der Waals surface area contributed by atoms with Gasteiger partial charge in [0.1, 0.15) is 11.6 Å². The Kier molecular flexibility index (Phi) is 4.59. The lowest BCUT2D eigenvalue weighted by Gasteiger charge is -2.38. The third kappa shape index (κ3) is 3.62. The van der Waals surface area contributed by atoms with Crippen molar-refractivity contribution >= 4 is 12.1 Å². The first-order chi connectivity index (χ1) is 8.26. The van der Waals surface area contributed by atoms with Crippen molar-refractivity contribution in [1.29, 1.82) is 0 Å². The van der Waals surface area contributed by atoms with Crippen LogP contribution in [0, 0.1) is 5.92 Å². The highest BCUT2D eigenvalue weighted by Crippen LogP contribution is 2.28. The molecule has 1 saturated heterocycles. The highest BCUT2D eigenvalue weighted by Gasteiger charge is 2.40. The maximum absolute atomic E-state index is 12.0. The fraction of sp³-hybridized carbons (Fsp3) is 0.846. The Hall–Kier alpha value is -1.26. The van der Waals surface area contributed by atoms with Crippen LogP contribution < -0.4 is 0 Å². The van der Waals surface area contributed by atoms with E-state index in [-0.39, 0.29) is 5.92 Å². The van der Waals surface area contributed by atoms with Crippen LogP contribution in [0.15, 0.2) is 0 Å². The zero-order valence-corrected chi connectivity index (χ0v) is 11.6. The number of hydrogen-bond donors (Lipinski definition) is 1. The third-order valence-corrected chi connectivity index (χ3v) is 3.16. The van der Waals surface area contributed by atoms with Crippen LogP contribution in [0.2, 0.25) is 0 Å². The highest BCUT2D eigenvalue weighted by atomic mass is 16.6. The van der Waals surface area contributed by atoms with E-state index in [2.05, 4.69) is 0 Å². The van der Waals surface area contributed by atoms with Crippen LogP contribution in [0.25, 0.3) is 0 Å². The maximum atomic E-state index is 12.0. The van der Waals surface area contributed by atoms with Gasteiger partial charge in [0, 0.05) is 6.54 Å². The van der Waals surface area contributed by atoms with Crippen molar-refractivity contribution in [2.75, 3.05) is 6.54 Å². The van der Waals surface area contributed by atoms with Gasteiger partial charge in [-0.15, -0.1) is 0 Å². The van der Waals surface area contributed by atoms with Gasteiger partial charge in [-0.3, -0.25) is 4.90 Å². The normalized spacial score (nSPS) is 24.8. The molecule has 0 bridgehead atoms. The molecule has 0 aromatic carbocycles. The summed E-state index contributed by atoms with van der Waals surface area (Å²) in [5.41, 5.74) is -0.598. The van der Waals surface area contributed by atoms with Crippen molar-refractivity contribution in [2.24, 2.45) is 5.92 Å². The average molecular weight is 257 g/mol. The van der Waals surface area contributed by atoms with Gasteiger partial charge >= 0.3 is 12.1 Å². The van der Waals surface area contributed by atoms with E-state index in [0.717, 1.165) is 19.3 Å². The number of hydrogen-bond acceptors (Lipinski definition) is 3. The number of rotatable bonds is 2. The van der Waals surface area contributed by atoms with Crippen LogP contribution in [0.3, 0.4) is 0 Å². The molecule has 104 valence electrons. The van der Waals surface area contributed by atoms with E-state index in [0.29, 0.717) is 6.54 Å². The lowest BCUT2D eigenvalue weighted by Crippen LogP contribution is -2.53. The van der Waals surface area contributed by atoms with Gasteiger partial charge in [0.2, 0.25) is 0 Å². The number of carbonyl (C=O) groups excluding carboxylic acids is 1. The maximum Gasteiger partial charge on any atom is 0.411 e. The van der Waals surface area contributed by atoms with Gasteiger partial charge in [0.05, 0.1) is 0 Å². The van der Waals surface area contributed by atoms with Crippen LogP contribution in [0.1, 0.15) is 47.0 Å². The van der Waals surface area contributed by atoms with Crippen molar-refractivity contribution in [3.8, 4) is 0 Å². The molecule has 0 aliphatic carbocycles. The second-order valence-electron chi connectivity index (χ2n) is 5.77. The molecule has 0 radical (unpaired) electrons. The Morgan fingerprint density at radius 1 is 1.39 bits per heavy atom. The fourth-order valence-corrected chi connectivity index (χ4v) is 2.36. The second-order valence-corrected chi connectivity index (χ2v) is 5.77. The summed E-state index contributed by atoms with van der Waals surface area (Å²) < 4.78 is 5.27. The van der Waals surface area contributed by atoms with Gasteiger partial charge in [-0.25, -0.2) is 9.59 Å². The third-order valence-electron chi connectivity index (χ3n) is 3.16. The Morgan fingerprint density at radius 3 is 2.44 bits per heavy atom. The molecular formula is C13H23NO4. The number of piperidine rings is 1. The Balaban J connectivity index is 2.83. The average Bonchev–Trinajstić information content (AvgIpc) is 2.25. The Morgan fingerprint density at radius 2 is 2.00 bits per heavy atom. The zero-order valence-electron chi connectivity index (χ0n) is 11.6. The number of nitrogens with zero attached hydrogens (tertiary/aromatic N) is 1. The largest absolute Gasteiger partial charge is 0.480 e. The number of ether oxygens (including phenoxy) is 1. The summed E-state index contributed by atoms with van der Waals surface area (Å²) in [5, 5.41) is 9.31. The molecule has 1 heterocycles. The van der Waals surface area contributed by atoms with Gasteiger partial charge in [-0.2, -0.15) is 0 Å². The molecule has 18 heavy (non-hydrogen) atoms. The van der Waals surface area contributed by atoms with E-state index < -0.39 is 23.7 Å². The predicted molar refractivity (Wildman–Crippen MR) is 67.4 cm³/mol. The molecule has 2 atom stereocenters. The topological polar surface area (TPSA) is 66.8 Å². The fourth-order valence-electron chi connectivity index (χ4n) is 2.36. The van der Waals surface area contributed by atoms with Gasteiger partial charge in [0.25, 0.3) is 0 Å². The van der Waals surface area contributed by atoms with Crippen LogP contribution in [0.5, 0.6) is 0 Å². The molecule has 1 aliphatic rings. The zero-order chi connectivity index (χ0) is 13.9. The van der Waals surface area contributed by atoms with E-state index in [4.69, 9.17) is 4.74 Å². The summed E-state index contributed by atoms with van der Waals surface area (Å²) in [6.07, 6.45) is 1.93. The van der Waals surface area contributed by atoms with Crippen LogP contribution in [-0.4, -0.2) is 40.3 Å². The Labute approximate surface area is 108 Å². The van der Waals surface area contributed by atoms with E-state index in [1.54, 1.807) is 20.8 Å². The first-order valence-electron chi connectivity index (χ1n) is 6.48. The number of carbonyl (C=O) groups is 2. The first-order valence-corrected chi connectivity index (χ1v) is 6.48. The van der Waals surface area contributed by atoms with Crippen molar-refractivity contribution in [3.05, 3.63) is 0 Å². The monoisotopic (exact) mass is 257 g/mol. The van der Waals surface area contributed by atoms with E-state index in [1.165, 1.54) is 4.90 Å². The lowest BCUT2D eigenvalue weighted by atomic mass is 9.87. The quantitative estimate of drug-likeness (QED) is 0.825. The molecule has 5 heteroatoms. The van der Waals surface area contributed by atoms with E-state index in [9.17, 15) is 14.7 Å². The molecule has 5 nitrogen and oxygen atoms in total. The predicted octanol–water partition coefficient (Wildman–Crippen LogP) is 2.50. The molecule has 1 N–H and O–H groups in total. The van der Waals surface area contributed by atoms with E-state index in [1.807, 2.05) is 6.92 Å². The van der Waals surface area contributed by atoms with Crippen molar-refractivity contribution in [1.82, 2.24) is 4.90 Å². The smallest absolute Gasteiger partial charge is 0.411 e. The summed E-state index contributed by atoms with van der Waals surface area (Å²) >= 11 is 0. The summed E-state index contributed by atoms with van der Waals surface area (Å²) in [6.45, 7) is 7.76. The van der Waals surface area contributed by atoms with Gasteiger partial charge in [-0.1, -0.05) is 13.3 Å². The summed E-state index contributed by atoms with van der Waals surface area (Å²) in [4.78, 5) is 24.8. The molecule has 1 fully saturated rings. The van der Waals surface area contributed by atoms with Gasteiger partial charge < -0.3 is 9.84 Å². The van der Waals surface area contributed by atoms with Crippen LogP contribution >= 0.6 is 0 Å². The minimum atomic E-state index is -0.938. The first kappa shape index (κ1) is 14.8. The number of carboxylic acid groups (broad SMARTS) is 1. The number of aliphatic carboxylic acids is 1. The molecular weight excluding hydrogens is 234 g/mol. The number of carboxylic acids is 1. The minimum Gasteiger partial charge on any atom is -0.480 e. The standard InChI is InChI=1S/C13H23NO4/c1-5-9-7-6-8-14(10(9)11(15)16)12(17)18-13(2,3)4/h9-10H,5-8H2,1-4H3,(H,15,16). The van der Waals surface area contributed by atoms with Crippen molar-refractivity contribution < 1.29 is 19.4 Å². The van der Waals surface area contributed by atoms with Crippen molar-refractivity contribution in [3.63, 3.8) is 0 Å². The van der Waals surface area contributed by atoms with E-state index >= 15 is 0 Å². The molecule has 1 amide bonds. The van der Waals surface area contributed by atoms with Crippen LogP contribution in [-0.2, 0) is 9.53 Å². The van der Waals surface area contributed by atoms with Crippen LogP contribution in [0.4, 0.5) is 4.79 Å². The molecule has 2 unspecified atom stereocenters. The highest BCUT2D eigenvalue weighted by molar-refractivity contribution is 5.80. The second kappa shape index (κ2) is 5.59. The molecule has 0 spiro atoms. The summed E-state index contributed by atoms with van der Waals surface area (Å²) in [7, 11) is 0. The Bertz CT molecular complexity index is 321. The molecule has 1 aliphatic heterocycles. The van der Waals surface area contributed by atoms with Gasteiger partial charge in [-0.05, 0) is 39.5 Å². The lowest BCUT2D eigenvalue weighted by molar-refractivity contribution is -0.147. The molecule has 1 rings (SSSR count). The van der Waals surface area contributed by atoms with Gasteiger partial charge in [0.15, 0.2) is 0 Å². The number of likely N-dealkylation sites (tertiary alicyclic amines) is 1. The molecule has 0 aromatic heterocycles. The SMILES string of the molecule is CCC1CCCN(C(=O)OC(C)(C)C)C1C(=O)O.